The van der Waals surface area contributed by atoms with E-state index < -0.39 is 0 Å². The number of hydrogen-bond donors (Lipinski definition) is 1. The van der Waals surface area contributed by atoms with Gasteiger partial charge in [0.05, 0.1) is 5.69 Å². The zero-order chi connectivity index (χ0) is 12.1. The molecule has 2 heteroatoms. The molecule has 0 aromatic heterocycles. The van der Waals surface area contributed by atoms with Crippen LogP contribution in [0.1, 0.15) is 11.1 Å². The first-order valence-electron chi connectivity index (χ1n) is 5.58. The highest BCUT2D eigenvalue weighted by molar-refractivity contribution is 5.76. The summed E-state index contributed by atoms with van der Waals surface area (Å²) in [7, 11) is 1.84. The van der Waals surface area contributed by atoms with Crippen molar-refractivity contribution < 1.29 is 0 Å². The van der Waals surface area contributed by atoms with Gasteiger partial charge in [0, 0.05) is 7.05 Å². The lowest BCUT2D eigenvalue weighted by Gasteiger charge is -2.14. The number of nitrogens with two attached hydrogens (primary N) is 1. The molecule has 0 heterocycles. The Morgan fingerprint density at radius 2 is 1.53 bits per heavy atom. The van der Waals surface area contributed by atoms with Crippen LogP contribution in [0, 0.1) is 0 Å². The van der Waals surface area contributed by atoms with Crippen LogP contribution in [-0.2, 0) is 0 Å². The maximum Gasteiger partial charge on any atom is 0.0586 e. The second-order valence-corrected chi connectivity index (χ2v) is 3.91. The van der Waals surface area contributed by atoms with Crippen LogP contribution in [0.2, 0.25) is 0 Å². The van der Waals surface area contributed by atoms with E-state index in [9.17, 15) is 0 Å². The summed E-state index contributed by atoms with van der Waals surface area (Å²) in [6.45, 7) is 0. The van der Waals surface area contributed by atoms with Gasteiger partial charge >= 0.3 is 0 Å². The minimum Gasteiger partial charge on any atom is -0.314 e. The van der Waals surface area contributed by atoms with Crippen molar-refractivity contribution >= 4 is 17.8 Å². The molecule has 0 aliphatic carbocycles. The molecule has 0 radical (unpaired) electrons. The molecule has 2 rings (SSSR count). The third-order valence-electron chi connectivity index (χ3n) is 2.57. The van der Waals surface area contributed by atoms with Crippen molar-refractivity contribution in [2.24, 2.45) is 5.84 Å². The molecule has 0 saturated carbocycles. The van der Waals surface area contributed by atoms with Crippen molar-refractivity contribution in [2.45, 2.75) is 0 Å². The minimum atomic E-state index is 1.01. The van der Waals surface area contributed by atoms with Gasteiger partial charge in [-0.1, -0.05) is 60.7 Å². The molecule has 0 amide bonds. The number of anilines is 1. The first kappa shape index (κ1) is 11.4. The monoisotopic (exact) mass is 224 g/mol. The highest BCUT2D eigenvalue weighted by atomic mass is 15.4. The van der Waals surface area contributed by atoms with Crippen LogP contribution in [-0.4, -0.2) is 7.05 Å². The summed E-state index contributed by atoms with van der Waals surface area (Å²) in [5.74, 6) is 5.78. The molecular formula is C15H16N2. The fourth-order valence-corrected chi connectivity index (χ4v) is 1.70. The predicted octanol–water partition coefficient (Wildman–Crippen LogP) is 3.17. The lowest BCUT2D eigenvalue weighted by Crippen LogP contribution is -2.25. The second kappa shape index (κ2) is 5.32. The second-order valence-electron chi connectivity index (χ2n) is 3.91. The van der Waals surface area contributed by atoms with Gasteiger partial charge in [-0.3, -0.25) is 0 Å². The minimum absolute atomic E-state index is 1.01. The highest BCUT2D eigenvalue weighted by Crippen LogP contribution is 2.19. The van der Waals surface area contributed by atoms with E-state index in [1.165, 1.54) is 5.56 Å². The number of para-hydroxylation sites is 1. The Bertz CT molecular complexity index is 501. The molecule has 2 N–H and O–H groups in total. The average Bonchev–Trinajstić information content (AvgIpc) is 2.38. The average molecular weight is 224 g/mol. The maximum atomic E-state index is 5.78. The zero-order valence-electron chi connectivity index (χ0n) is 9.88. The van der Waals surface area contributed by atoms with Gasteiger partial charge in [0.1, 0.15) is 0 Å². The van der Waals surface area contributed by atoms with Gasteiger partial charge < -0.3 is 5.01 Å². The topological polar surface area (TPSA) is 29.3 Å². The van der Waals surface area contributed by atoms with Gasteiger partial charge in [0.25, 0.3) is 0 Å². The summed E-state index contributed by atoms with van der Waals surface area (Å²) in [5.41, 5.74) is 3.31. The number of hydrazine groups is 1. The highest BCUT2D eigenvalue weighted by Gasteiger charge is 1.99. The van der Waals surface area contributed by atoms with E-state index in [4.69, 9.17) is 5.84 Å². The van der Waals surface area contributed by atoms with E-state index in [1.54, 1.807) is 5.01 Å². The SMILES string of the molecule is CN(N)c1ccccc1/C=C/c1ccccc1. The summed E-state index contributed by atoms with van der Waals surface area (Å²) in [5, 5.41) is 1.63. The fraction of sp³-hybridized carbons (Fsp3) is 0.0667. The van der Waals surface area contributed by atoms with Crippen molar-refractivity contribution in [3.8, 4) is 0 Å². The molecular weight excluding hydrogens is 208 g/mol. The molecule has 17 heavy (non-hydrogen) atoms. The summed E-state index contributed by atoms with van der Waals surface area (Å²) in [6.07, 6.45) is 4.16. The molecule has 0 aliphatic rings. The largest absolute Gasteiger partial charge is 0.314 e. The third-order valence-corrected chi connectivity index (χ3v) is 2.57. The van der Waals surface area contributed by atoms with E-state index in [2.05, 4.69) is 30.4 Å². The zero-order valence-corrected chi connectivity index (χ0v) is 9.88. The van der Waals surface area contributed by atoms with Crippen LogP contribution in [0.4, 0.5) is 5.69 Å². The van der Waals surface area contributed by atoms with Crippen LogP contribution in [0.3, 0.4) is 0 Å². The Hall–Kier alpha value is -2.06. The number of hydrogen-bond acceptors (Lipinski definition) is 2. The van der Waals surface area contributed by atoms with Crippen LogP contribution >= 0.6 is 0 Å². The van der Waals surface area contributed by atoms with Gasteiger partial charge in [-0.15, -0.1) is 0 Å². The first-order valence-corrected chi connectivity index (χ1v) is 5.58. The van der Waals surface area contributed by atoms with Crippen molar-refractivity contribution in [1.82, 2.24) is 0 Å². The predicted molar refractivity (Wildman–Crippen MR) is 74.4 cm³/mol. The lowest BCUT2D eigenvalue weighted by molar-refractivity contribution is 1.02. The van der Waals surface area contributed by atoms with Crippen molar-refractivity contribution in [1.29, 1.82) is 0 Å². The molecule has 0 saturated heterocycles. The molecule has 0 unspecified atom stereocenters. The fourth-order valence-electron chi connectivity index (χ4n) is 1.70. The van der Waals surface area contributed by atoms with Crippen molar-refractivity contribution in [3.63, 3.8) is 0 Å². The van der Waals surface area contributed by atoms with E-state index in [0.717, 1.165) is 11.3 Å². The Kier molecular flexibility index (Phi) is 3.58. The van der Waals surface area contributed by atoms with Gasteiger partial charge in [-0.2, -0.15) is 0 Å². The van der Waals surface area contributed by atoms with E-state index in [1.807, 2.05) is 43.4 Å². The molecule has 86 valence electrons. The summed E-state index contributed by atoms with van der Waals surface area (Å²) < 4.78 is 0. The van der Waals surface area contributed by atoms with Gasteiger partial charge in [-0.05, 0) is 17.2 Å². The Morgan fingerprint density at radius 3 is 2.24 bits per heavy atom. The van der Waals surface area contributed by atoms with Crippen molar-refractivity contribution in [2.75, 3.05) is 12.1 Å². The standard InChI is InChI=1S/C15H16N2/c1-17(16)15-10-6-5-9-14(15)12-11-13-7-3-2-4-8-13/h2-12H,16H2,1H3/b12-11+. The molecule has 2 nitrogen and oxygen atoms in total. The normalized spacial score (nSPS) is 10.7. The molecule has 0 atom stereocenters. The Morgan fingerprint density at radius 1 is 0.882 bits per heavy atom. The van der Waals surface area contributed by atoms with Crippen LogP contribution in [0.25, 0.3) is 12.2 Å². The van der Waals surface area contributed by atoms with Crippen LogP contribution < -0.4 is 10.9 Å². The number of rotatable bonds is 3. The first-order chi connectivity index (χ1) is 8.27. The molecule has 2 aromatic rings. The van der Waals surface area contributed by atoms with Crippen LogP contribution in [0.15, 0.2) is 54.6 Å². The Balaban J connectivity index is 2.27. The Labute approximate surface area is 102 Å². The molecule has 2 aromatic carbocycles. The third kappa shape index (κ3) is 2.95. The van der Waals surface area contributed by atoms with Crippen molar-refractivity contribution in [3.05, 3.63) is 65.7 Å². The quantitative estimate of drug-likeness (QED) is 0.493. The summed E-state index contributed by atoms with van der Waals surface area (Å²) in [6, 6.07) is 18.3. The lowest BCUT2D eigenvalue weighted by atomic mass is 10.1. The van der Waals surface area contributed by atoms with E-state index in [-0.39, 0.29) is 0 Å². The van der Waals surface area contributed by atoms with Gasteiger partial charge in [0.2, 0.25) is 0 Å². The molecule has 0 bridgehead atoms. The number of nitrogens with zero attached hydrogens (tertiary/aromatic N) is 1. The number of benzene rings is 2. The van der Waals surface area contributed by atoms with Crippen LogP contribution in [0.5, 0.6) is 0 Å². The molecule has 0 spiro atoms. The summed E-state index contributed by atoms with van der Waals surface area (Å²) >= 11 is 0. The van der Waals surface area contributed by atoms with E-state index in [0.29, 0.717) is 0 Å². The molecule has 0 aliphatic heterocycles. The maximum absolute atomic E-state index is 5.78. The molecule has 0 fully saturated rings. The van der Waals surface area contributed by atoms with E-state index >= 15 is 0 Å². The van der Waals surface area contributed by atoms with Gasteiger partial charge in [-0.25, -0.2) is 5.84 Å². The smallest absolute Gasteiger partial charge is 0.0586 e. The summed E-state index contributed by atoms with van der Waals surface area (Å²) in [4.78, 5) is 0. The van der Waals surface area contributed by atoms with Gasteiger partial charge in [0.15, 0.2) is 0 Å².